The Balaban J connectivity index is 0.000000151. The minimum Gasteiger partial charge on any atom is -0.164 e. The van der Waals surface area contributed by atoms with Gasteiger partial charge in [-0.15, -0.1) is 93.9 Å². The molecular weight excluding hydrogens is 830 g/mol. The summed E-state index contributed by atoms with van der Waals surface area (Å²) in [7, 11) is 0. The summed E-state index contributed by atoms with van der Waals surface area (Å²) in [6.45, 7) is 4.66. The van der Waals surface area contributed by atoms with Crippen LogP contribution in [-0.2, 0) is 23.0 Å². The van der Waals surface area contributed by atoms with Gasteiger partial charge in [0.1, 0.15) is 0 Å². The molecule has 0 heterocycles. The quantitative estimate of drug-likeness (QED) is 0.122. The second-order valence-corrected chi connectivity index (χ2v) is 26.6. The molecule has 0 N–H and O–H groups in total. The molecule has 0 radical (unpaired) electrons. The van der Waals surface area contributed by atoms with Crippen molar-refractivity contribution in [2.45, 2.75) is 50.6 Å². The van der Waals surface area contributed by atoms with Crippen LogP contribution in [0.2, 0.25) is 13.1 Å². The van der Waals surface area contributed by atoms with Crippen LogP contribution in [-0.4, -0.2) is 5.49 Å². The van der Waals surface area contributed by atoms with Crippen molar-refractivity contribution in [1.82, 2.24) is 0 Å². The van der Waals surface area contributed by atoms with Gasteiger partial charge in [0.2, 0.25) is 0 Å². The molecule has 8 aromatic carbocycles. The van der Waals surface area contributed by atoms with Gasteiger partial charge in [-0.1, -0.05) is 108 Å². The molecule has 0 bridgehead atoms. The summed E-state index contributed by atoms with van der Waals surface area (Å²) < 4.78 is 0. The van der Waals surface area contributed by atoms with Crippen molar-refractivity contribution in [2.24, 2.45) is 0 Å². The Morgan fingerprint density at radius 1 is 0.460 bits per heavy atom. The van der Waals surface area contributed by atoms with E-state index in [1.807, 2.05) is 0 Å². The standard InChI is InChI=1S/2C22H17.C2H6Si.2ClH.Hf/c2*1-2-8-19-16(5-1)6-3-9-20(19)21-10-4-7-17-13-18(14-22(17)21)15-11-12-15;1-3-2;;;/h2*1-10,13-15H,11-12H2;1-2H3;2*1H;/q2*-1;;;;+2. The molecule has 2 aliphatic carbocycles. The van der Waals surface area contributed by atoms with E-state index in [0.29, 0.717) is 0 Å². The van der Waals surface area contributed by atoms with Crippen LogP contribution < -0.4 is 0 Å². The number of halogens is 2. The van der Waals surface area contributed by atoms with Gasteiger partial charge in [-0.25, -0.2) is 0 Å². The summed E-state index contributed by atoms with van der Waals surface area (Å²) in [4.78, 5) is 0. The van der Waals surface area contributed by atoms with E-state index in [4.69, 9.17) is 0 Å². The van der Waals surface area contributed by atoms with E-state index < -0.39 is 0 Å². The van der Waals surface area contributed by atoms with E-state index in [2.05, 4.69) is 159 Å². The third-order valence-electron chi connectivity index (χ3n) is 9.80. The molecular formula is C46H42Cl2HfSi. The summed E-state index contributed by atoms with van der Waals surface area (Å²) >= 11 is 1.45. The predicted octanol–water partition coefficient (Wildman–Crippen LogP) is 14.1. The van der Waals surface area contributed by atoms with Gasteiger partial charge in [-0.3, -0.25) is 0 Å². The molecule has 0 saturated heterocycles. The summed E-state index contributed by atoms with van der Waals surface area (Å²) in [6.07, 6.45) is 5.44. The van der Waals surface area contributed by atoms with Gasteiger partial charge >= 0.3 is 41.6 Å². The van der Waals surface area contributed by atoms with Crippen LogP contribution in [0.5, 0.6) is 0 Å². The van der Waals surface area contributed by atoms with E-state index in [-0.39, 0.29) is 30.3 Å². The average molecular weight is 872 g/mol. The summed E-state index contributed by atoms with van der Waals surface area (Å²) in [6, 6.07) is 53.6. The normalized spacial score (nSPS) is 13.5. The minimum atomic E-state index is 0. The number of benzene rings is 6. The predicted molar refractivity (Wildman–Crippen MR) is 221 cm³/mol. The van der Waals surface area contributed by atoms with Gasteiger partial charge in [0.15, 0.2) is 0 Å². The third-order valence-corrected chi connectivity index (χ3v) is 9.80. The van der Waals surface area contributed by atoms with Crippen molar-refractivity contribution in [3.63, 3.8) is 0 Å². The van der Waals surface area contributed by atoms with Crippen molar-refractivity contribution >= 4 is 73.4 Å². The maximum Gasteiger partial charge on any atom is -0.0114 e. The minimum absolute atomic E-state index is 0. The van der Waals surface area contributed by atoms with Gasteiger partial charge in [0.05, 0.1) is 0 Å². The number of hydrogen-bond acceptors (Lipinski definition) is 0. The first-order chi connectivity index (χ1) is 23.5. The molecule has 0 aromatic heterocycles. The second-order valence-electron chi connectivity index (χ2n) is 13.8. The molecule has 0 spiro atoms. The van der Waals surface area contributed by atoms with Gasteiger partial charge in [0.25, 0.3) is 0 Å². The zero-order valence-corrected chi connectivity index (χ0v) is 34.9. The van der Waals surface area contributed by atoms with Crippen molar-refractivity contribution in [3.8, 4) is 22.3 Å². The molecule has 248 valence electrons. The molecule has 8 aromatic rings. The van der Waals surface area contributed by atoms with E-state index in [1.54, 1.807) is 0 Å². The Morgan fingerprint density at radius 3 is 1.16 bits per heavy atom. The Hall–Kier alpha value is -3.27. The van der Waals surface area contributed by atoms with Crippen LogP contribution in [0.25, 0.3) is 65.3 Å². The van der Waals surface area contributed by atoms with E-state index in [1.165, 1.54) is 125 Å². The van der Waals surface area contributed by atoms with Crippen molar-refractivity contribution in [3.05, 3.63) is 157 Å². The second kappa shape index (κ2) is 16.0. The summed E-state index contributed by atoms with van der Waals surface area (Å²) in [5.74, 6) is 1.63. The first-order valence-corrected chi connectivity index (χ1v) is 25.3. The van der Waals surface area contributed by atoms with Crippen molar-refractivity contribution in [2.75, 3.05) is 0 Å². The molecule has 2 fully saturated rings. The van der Waals surface area contributed by atoms with Gasteiger partial charge in [-0.2, -0.15) is 12.1 Å². The van der Waals surface area contributed by atoms with E-state index >= 15 is 0 Å². The fourth-order valence-corrected chi connectivity index (χ4v) is 7.21. The first kappa shape index (κ1) is 36.5. The van der Waals surface area contributed by atoms with Crippen LogP contribution in [0.4, 0.5) is 0 Å². The van der Waals surface area contributed by atoms with Crippen LogP contribution >= 0.6 is 24.8 Å². The molecule has 2 aliphatic rings. The van der Waals surface area contributed by atoms with E-state index in [9.17, 15) is 0 Å². The maximum atomic E-state index is 2.42. The molecule has 0 atom stereocenters. The number of fused-ring (bicyclic) bond motifs is 4. The molecule has 50 heavy (non-hydrogen) atoms. The largest absolute Gasteiger partial charge is 0.164 e. The molecule has 4 heteroatoms. The topological polar surface area (TPSA) is 0 Å². The molecule has 10 rings (SSSR count). The van der Waals surface area contributed by atoms with Crippen LogP contribution in [0.15, 0.2) is 146 Å². The van der Waals surface area contributed by atoms with Crippen LogP contribution in [0.1, 0.15) is 48.6 Å². The van der Waals surface area contributed by atoms with Gasteiger partial charge < -0.3 is 0 Å². The third kappa shape index (κ3) is 7.80. The maximum absolute atomic E-state index is 2.42. The van der Waals surface area contributed by atoms with Crippen LogP contribution in [0, 0.1) is 0 Å². The first-order valence-electron chi connectivity index (χ1n) is 17.4. The molecule has 0 unspecified atom stereocenters. The molecule has 0 nitrogen and oxygen atoms in total. The van der Waals surface area contributed by atoms with Gasteiger partial charge in [0, 0.05) is 0 Å². The average Bonchev–Trinajstić information content (AvgIpc) is 4.05. The Morgan fingerprint density at radius 2 is 0.780 bits per heavy atom. The van der Waals surface area contributed by atoms with E-state index in [0.717, 1.165) is 11.8 Å². The monoisotopic (exact) mass is 872 g/mol. The van der Waals surface area contributed by atoms with Crippen molar-refractivity contribution < 1.29 is 23.0 Å². The fourth-order valence-electron chi connectivity index (χ4n) is 7.21. The Labute approximate surface area is 323 Å². The fraction of sp³-hybridized carbons (Fsp3) is 0.174. The summed E-state index contributed by atoms with van der Waals surface area (Å²) in [5.41, 5.74) is 8.73. The molecule has 2 saturated carbocycles. The molecule has 0 aliphatic heterocycles. The molecule has 0 amide bonds. The van der Waals surface area contributed by atoms with Crippen LogP contribution in [0.3, 0.4) is 0 Å². The number of hydrogen-bond donors (Lipinski definition) is 0. The zero-order valence-electron chi connectivity index (χ0n) is 28.7. The van der Waals surface area contributed by atoms with Crippen molar-refractivity contribution in [1.29, 1.82) is 0 Å². The van der Waals surface area contributed by atoms with Gasteiger partial charge in [-0.05, 0) is 70.2 Å². The zero-order chi connectivity index (χ0) is 32.6. The summed E-state index contributed by atoms with van der Waals surface area (Å²) in [5, 5.41) is 10.9. The Kier molecular flexibility index (Phi) is 11.6. The number of rotatable bonds is 4. The SMILES string of the molecule is C[Si](C)=[Hf+2].Cl.Cl.c1ccc2c(-c3cccc4[cH-]c(C5CC5)cc34)cccc2c1.c1ccc2c(-c3cccc4[cH-]c(C5CC5)cc34)cccc2c1. The Bertz CT molecular complexity index is 2250. The smallest absolute Gasteiger partial charge is 0.0114 e.